The summed E-state index contributed by atoms with van der Waals surface area (Å²) in [5, 5.41) is 13.1. The van der Waals surface area contributed by atoms with E-state index in [1.54, 1.807) is 18.2 Å². The third kappa shape index (κ3) is 4.11. The Morgan fingerprint density at radius 3 is 2.80 bits per heavy atom. The lowest BCUT2D eigenvalue weighted by Gasteiger charge is -2.40. The Balaban J connectivity index is 1.65. The van der Waals surface area contributed by atoms with Gasteiger partial charge in [0.1, 0.15) is 12.7 Å². The highest BCUT2D eigenvalue weighted by atomic mass is 32.2. The van der Waals surface area contributed by atoms with Crippen LogP contribution in [-0.4, -0.2) is 41.9 Å². The van der Waals surface area contributed by atoms with Gasteiger partial charge in [-0.05, 0) is 31.2 Å². The van der Waals surface area contributed by atoms with Gasteiger partial charge in [0.2, 0.25) is 0 Å². The van der Waals surface area contributed by atoms with Gasteiger partial charge in [-0.25, -0.2) is 4.39 Å². The van der Waals surface area contributed by atoms with Crippen molar-refractivity contribution in [2.24, 2.45) is 0 Å². The van der Waals surface area contributed by atoms with E-state index in [1.165, 1.54) is 25.3 Å². The van der Waals surface area contributed by atoms with Crippen molar-refractivity contribution in [3.8, 4) is 5.75 Å². The van der Waals surface area contributed by atoms with Crippen LogP contribution in [0.25, 0.3) is 0 Å². The molecule has 1 aliphatic rings. The van der Waals surface area contributed by atoms with Crippen LogP contribution < -0.4 is 10.1 Å². The first-order valence-electron chi connectivity index (χ1n) is 6.96. The standard InChI is InChI=1S/C15H22FNO2S/c1-20-15(7-4-8-15)11-17-9-12(18)10-19-14-6-3-2-5-13(14)16/h2-3,5-6,12,17-18H,4,7-11H2,1H3. The third-order valence-electron chi connectivity index (χ3n) is 3.79. The molecule has 20 heavy (non-hydrogen) atoms. The van der Waals surface area contributed by atoms with E-state index < -0.39 is 11.9 Å². The minimum absolute atomic E-state index is 0.0974. The zero-order valence-corrected chi connectivity index (χ0v) is 12.6. The molecule has 0 bridgehead atoms. The highest BCUT2D eigenvalue weighted by Crippen LogP contribution is 2.42. The molecule has 1 aromatic rings. The number of benzene rings is 1. The number of ether oxygens (including phenoxy) is 1. The Kier molecular flexibility index (Phi) is 5.69. The van der Waals surface area contributed by atoms with Crippen LogP contribution in [0.1, 0.15) is 19.3 Å². The smallest absolute Gasteiger partial charge is 0.165 e. The molecule has 0 amide bonds. The molecule has 112 valence electrons. The van der Waals surface area contributed by atoms with Gasteiger partial charge in [0.15, 0.2) is 11.6 Å². The van der Waals surface area contributed by atoms with Crippen LogP contribution in [0.4, 0.5) is 4.39 Å². The van der Waals surface area contributed by atoms with E-state index in [0.717, 1.165) is 6.54 Å². The molecule has 0 radical (unpaired) electrons. The molecule has 1 aromatic carbocycles. The van der Waals surface area contributed by atoms with Gasteiger partial charge >= 0.3 is 0 Å². The number of para-hydroxylation sites is 1. The van der Waals surface area contributed by atoms with Crippen molar-refractivity contribution in [2.75, 3.05) is 26.0 Å². The summed E-state index contributed by atoms with van der Waals surface area (Å²) in [5.74, 6) is -0.213. The number of nitrogens with one attached hydrogen (secondary N) is 1. The van der Waals surface area contributed by atoms with Gasteiger partial charge < -0.3 is 15.2 Å². The van der Waals surface area contributed by atoms with Crippen LogP contribution in [0.3, 0.4) is 0 Å². The first-order chi connectivity index (χ1) is 9.65. The molecule has 3 nitrogen and oxygen atoms in total. The quantitative estimate of drug-likeness (QED) is 0.773. The van der Waals surface area contributed by atoms with Gasteiger partial charge in [-0.1, -0.05) is 18.6 Å². The summed E-state index contributed by atoms with van der Waals surface area (Å²) in [6, 6.07) is 6.23. The highest BCUT2D eigenvalue weighted by molar-refractivity contribution is 8.00. The molecule has 0 aliphatic heterocycles. The zero-order valence-electron chi connectivity index (χ0n) is 11.8. The number of hydrogen-bond acceptors (Lipinski definition) is 4. The summed E-state index contributed by atoms with van der Waals surface area (Å²) in [7, 11) is 0. The van der Waals surface area contributed by atoms with E-state index in [9.17, 15) is 9.50 Å². The average molecular weight is 299 g/mol. The van der Waals surface area contributed by atoms with E-state index in [1.807, 2.05) is 11.8 Å². The number of halogens is 1. The maximum atomic E-state index is 13.3. The fourth-order valence-corrected chi connectivity index (χ4v) is 3.24. The summed E-state index contributed by atoms with van der Waals surface area (Å²) < 4.78 is 19.0. The Hall–Kier alpha value is -0.780. The molecule has 1 atom stereocenters. The minimum Gasteiger partial charge on any atom is -0.488 e. The Morgan fingerprint density at radius 1 is 1.45 bits per heavy atom. The highest BCUT2D eigenvalue weighted by Gasteiger charge is 2.35. The Labute approximate surface area is 123 Å². The second-order valence-corrected chi connectivity index (χ2v) is 6.54. The summed E-state index contributed by atoms with van der Waals surface area (Å²) in [6.45, 7) is 1.47. The van der Waals surface area contributed by atoms with Gasteiger partial charge in [0, 0.05) is 17.8 Å². The molecule has 0 aromatic heterocycles. The predicted molar refractivity (Wildman–Crippen MR) is 80.9 cm³/mol. The first-order valence-corrected chi connectivity index (χ1v) is 8.19. The van der Waals surface area contributed by atoms with Crippen molar-refractivity contribution in [3.05, 3.63) is 30.1 Å². The summed E-state index contributed by atoms with van der Waals surface area (Å²) in [4.78, 5) is 0. The monoisotopic (exact) mass is 299 g/mol. The van der Waals surface area contributed by atoms with E-state index in [2.05, 4.69) is 11.6 Å². The van der Waals surface area contributed by atoms with Crippen LogP contribution in [0.15, 0.2) is 24.3 Å². The molecule has 1 saturated carbocycles. The van der Waals surface area contributed by atoms with Crippen LogP contribution in [0.2, 0.25) is 0 Å². The number of aliphatic hydroxyl groups excluding tert-OH is 1. The lowest BCUT2D eigenvalue weighted by molar-refractivity contribution is 0.103. The van der Waals surface area contributed by atoms with Crippen LogP contribution in [-0.2, 0) is 0 Å². The van der Waals surface area contributed by atoms with Crippen molar-refractivity contribution in [3.63, 3.8) is 0 Å². The number of thioether (sulfide) groups is 1. The summed E-state index contributed by atoms with van der Waals surface area (Å²) in [5.41, 5.74) is 0. The fourth-order valence-electron chi connectivity index (χ4n) is 2.30. The molecule has 5 heteroatoms. The molecular weight excluding hydrogens is 277 g/mol. The molecule has 0 saturated heterocycles. The van der Waals surface area contributed by atoms with Crippen molar-refractivity contribution >= 4 is 11.8 Å². The predicted octanol–water partition coefficient (Wildman–Crippen LogP) is 2.44. The lowest BCUT2D eigenvalue weighted by Crippen LogP contribution is -2.45. The van der Waals surface area contributed by atoms with E-state index in [-0.39, 0.29) is 12.4 Å². The van der Waals surface area contributed by atoms with Crippen molar-refractivity contribution in [1.82, 2.24) is 5.32 Å². The van der Waals surface area contributed by atoms with Gasteiger partial charge in [0.05, 0.1) is 0 Å². The molecule has 2 rings (SSSR count). The van der Waals surface area contributed by atoms with Crippen molar-refractivity contribution in [2.45, 2.75) is 30.1 Å². The SMILES string of the molecule is CSC1(CNCC(O)COc2ccccc2F)CCC1. The van der Waals surface area contributed by atoms with Crippen LogP contribution in [0.5, 0.6) is 5.75 Å². The topological polar surface area (TPSA) is 41.5 Å². The molecule has 2 N–H and O–H groups in total. The molecular formula is C15H22FNO2S. The molecule has 1 aliphatic carbocycles. The van der Waals surface area contributed by atoms with E-state index in [4.69, 9.17) is 4.74 Å². The molecule has 0 spiro atoms. The Morgan fingerprint density at radius 2 is 2.20 bits per heavy atom. The average Bonchev–Trinajstić information content (AvgIpc) is 2.41. The molecule has 0 heterocycles. The molecule has 1 fully saturated rings. The molecule has 1 unspecified atom stereocenters. The normalized spacial score (nSPS) is 18.4. The maximum Gasteiger partial charge on any atom is 0.165 e. The lowest BCUT2D eigenvalue weighted by atomic mass is 9.84. The summed E-state index contributed by atoms with van der Waals surface area (Å²) in [6.07, 6.45) is 5.28. The van der Waals surface area contributed by atoms with Gasteiger partial charge in [-0.3, -0.25) is 0 Å². The maximum absolute atomic E-state index is 13.3. The second-order valence-electron chi connectivity index (χ2n) is 5.27. The van der Waals surface area contributed by atoms with Crippen LogP contribution >= 0.6 is 11.8 Å². The van der Waals surface area contributed by atoms with Gasteiger partial charge in [-0.2, -0.15) is 11.8 Å². The number of aliphatic hydroxyl groups is 1. The Bertz CT molecular complexity index is 421. The van der Waals surface area contributed by atoms with Gasteiger partial charge in [-0.15, -0.1) is 0 Å². The van der Waals surface area contributed by atoms with E-state index >= 15 is 0 Å². The second kappa shape index (κ2) is 7.29. The minimum atomic E-state index is -0.631. The number of rotatable bonds is 8. The van der Waals surface area contributed by atoms with Crippen molar-refractivity contribution < 1.29 is 14.2 Å². The van der Waals surface area contributed by atoms with Gasteiger partial charge in [0.25, 0.3) is 0 Å². The fraction of sp³-hybridized carbons (Fsp3) is 0.600. The van der Waals surface area contributed by atoms with Crippen molar-refractivity contribution in [1.29, 1.82) is 0 Å². The van der Waals surface area contributed by atoms with E-state index in [0.29, 0.717) is 11.3 Å². The number of hydrogen-bond donors (Lipinski definition) is 2. The van der Waals surface area contributed by atoms with Crippen LogP contribution in [0, 0.1) is 5.82 Å². The largest absolute Gasteiger partial charge is 0.488 e. The first kappa shape index (κ1) is 15.6. The summed E-state index contributed by atoms with van der Waals surface area (Å²) >= 11 is 1.90. The zero-order chi connectivity index (χ0) is 14.4. The third-order valence-corrected chi connectivity index (χ3v) is 5.21.